The molecule has 70 heavy (non-hydrogen) atoms. The number of hydrogen-bond acceptors (Lipinski definition) is 9. The molecular formula is C56H81N6O8+. The van der Waals surface area contributed by atoms with Crippen LogP contribution in [0.2, 0.25) is 0 Å². The number of unbranched alkanes of at least 4 members (excludes halogenated alkanes) is 2. The number of alkyl carbamates (subject to hydrolysis) is 2. The summed E-state index contributed by atoms with van der Waals surface area (Å²) in [7, 11) is 0. The van der Waals surface area contributed by atoms with Gasteiger partial charge in [-0.1, -0.05) is 52.4 Å². The number of fused-ring (bicyclic) bond motifs is 2. The Balaban J connectivity index is 1.16. The van der Waals surface area contributed by atoms with Gasteiger partial charge >= 0.3 is 12.2 Å². The fourth-order valence-corrected chi connectivity index (χ4v) is 11.6. The third kappa shape index (κ3) is 11.1. The van der Waals surface area contributed by atoms with Gasteiger partial charge < -0.3 is 40.7 Å². The van der Waals surface area contributed by atoms with E-state index in [2.05, 4.69) is 100.0 Å². The van der Waals surface area contributed by atoms with Gasteiger partial charge in [0, 0.05) is 70.5 Å². The number of allylic oxidation sites excluding steroid dienone is 2. The van der Waals surface area contributed by atoms with E-state index < -0.39 is 12.2 Å². The molecular weight excluding hydrogens is 885 g/mol. The van der Waals surface area contributed by atoms with Gasteiger partial charge in [0.15, 0.2) is 6.04 Å². The average Bonchev–Trinajstić information content (AvgIpc) is 3.62. The Hall–Kier alpha value is -5.40. The van der Waals surface area contributed by atoms with Crippen molar-refractivity contribution in [2.75, 3.05) is 28.7 Å². The van der Waals surface area contributed by atoms with E-state index in [1.807, 2.05) is 24.3 Å². The lowest BCUT2D eigenvalue weighted by Crippen LogP contribution is -2.42. The fourth-order valence-electron chi connectivity index (χ4n) is 11.6. The molecule has 2 aliphatic heterocycles. The Morgan fingerprint density at radius 2 is 1.23 bits per heavy atom. The molecule has 7 rings (SSSR count). The van der Waals surface area contributed by atoms with Gasteiger partial charge in [-0.25, -0.2) is 14.2 Å². The highest BCUT2D eigenvalue weighted by Gasteiger charge is 2.48. The highest BCUT2D eigenvalue weighted by atomic mass is 16.6. The highest BCUT2D eigenvalue weighted by molar-refractivity contribution is 6.52. The van der Waals surface area contributed by atoms with Crippen molar-refractivity contribution in [1.82, 2.24) is 15.2 Å². The second-order valence-corrected chi connectivity index (χ2v) is 22.3. The number of ether oxygens (including phenoxy) is 2. The number of benzene rings is 2. The first kappa shape index (κ1) is 52.4. The summed E-state index contributed by atoms with van der Waals surface area (Å²) in [6, 6.07) is 8.62. The van der Waals surface area contributed by atoms with Crippen molar-refractivity contribution in [3.63, 3.8) is 0 Å². The van der Waals surface area contributed by atoms with Crippen LogP contribution < -0.4 is 41.3 Å². The molecule has 0 saturated heterocycles. The molecule has 5 aliphatic rings. The summed E-state index contributed by atoms with van der Waals surface area (Å²) in [5.74, 6) is -1.09. The van der Waals surface area contributed by atoms with Gasteiger partial charge in [-0.2, -0.15) is 0 Å². The molecule has 2 heterocycles. The fraction of sp³-hybridized carbons (Fsp3) is 0.643. The standard InChI is InChI=1S/C56H80N6O8/c1-33(2)61-35(5)55(7,8)41-29-39(43(31-45(41)61)59-47(63)25-17-19-27-69-53(67)57-37-21-13-11-14-22-37)49-51(65)50(52(49)66)40-30-42-46(62(34(3)4)36(6)56(42,9)10)32-44(40)60-48(64)26-18-20-28-70-54(68)58-38-23-15-12-16-24-38/h29-38H,11-28H2,1-10H3,(H4,57,58,59,60,63,64,65,66,67,68)/p+1. The Kier molecular flexibility index (Phi) is 16.4. The van der Waals surface area contributed by atoms with Gasteiger partial charge in [-0.15, -0.1) is 0 Å². The molecule has 2 aromatic rings. The van der Waals surface area contributed by atoms with E-state index in [1.54, 1.807) is 0 Å². The van der Waals surface area contributed by atoms with Crippen LogP contribution in [0.15, 0.2) is 30.0 Å². The lowest BCUT2D eigenvalue weighted by atomic mass is 9.76. The molecule has 0 spiro atoms. The zero-order valence-corrected chi connectivity index (χ0v) is 43.7. The zero-order chi connectivity index (χ0) is 50.7. The van der Waals surface area contributed by atoms with Gasteiger partial charge in [0.2, 0.25) is 23.0 Å². The summed E-state index contributed by atoms with van der Waals surface area (Å²) in [6.07, 6.45) is 12.2. The van der Waals surface area contributed by atoms with Crippen molar-refractivity contribution < 1.29 is 38.6 Å². The third-order valence-corrected chi connectivity index (χ3v) is 16.2. The molecule has 2 saturated carbocycles. The SMILES string of the molecule is CC(C)N1c2cc(NC(=O)CCCCOC(=O)NC3CCCCC3)c(C3=C(O)/C(=c4/cc5c(cc4NC(=O)CCCCOC(=O)NC4CCCCC4)=[N+](C(C)C)C(C)C5(C)C)C3=O)cc2C(C)(C)C1C. The maximum Gasteiger partial charge on any atom is 0.407 e. The van der Waals surface area contributed by atoms with Crippen LogP contribution in [0.5, 0.6) is 0 Å². The van der Waals surface area contributed by atoms with Crippen LogP contribution in [0, 0.1) is 0 Å². The Morgan fingerprint density at radius 1 is 0.700 bits per heavy atom. The molecule has 2 fully saturated rings. The minimum absolute atomic E-state index is 0.102. The predicted molar refractivity (Wildman–Crippen MR) is 277 cm³/mol. The maximum absolute atomic E-state index is 14.9. The second kappa shape index (κ2) is 21.9. The van der Waals surface area contributed by atoms with Crippen molar-refractivity contribution in [3.05, 3.63) is 57.3 Å². The number of ketones is 1. The topological polar surface area (TPSA) is 178 Å². The number of aliphatic hydroxyl groups excluding tert-OH is 1. The van der Waals surface area contributed by atoms with Crippen molar-refractivity contribution in [3.8, 4) is 0 Å². The average molecular weight is 966 g/mol. The van der Waals surface area contributed by atoms with E-state index in [0.717, 1.165) is 73.5 Å². The molecule has 4 amide bonds. The summed E-state index contributed by atoms with van der Waals surface area (Å²) in [5.41, 5.74) is 3.84. The molecule has 14 heteroatoms. The van der Waals surface area contributed by atoms with Crippen LogP contribution in [0.3, 0.4) is 0 Å². The van der Waals surface area contributed by atoms with Crippen LogP contribution in [0.1, 0.15) is 189 Å². The molecule has 3 aliphatic carbocycles. The molecule has 2 aromatic carbocycles. The number of hydrogen-bond donors (Lipinski definition) is 5. The van der Waals surface area contributed by atoms with Crippen LogP contribution in [0.4, 0.5) is 26.7 Å². The molecule has 2 unspecified atom stereocenters. The van der Waals surface area contributed by atoms with E-state index in [4.69, 9.17) is 9.47 Å². The van der Waals surface area contributed by atoms with Gasteiger partial charge in [-0.05, 0) is 131 Å². The summed E-state index contributed by atoms with van der Waals surface area (Å²) in [6.45, 7) is 22.0. The number of Topliss-reactive ketones (excluding diaryl/α,β-unsaturated/α-hetero) is 1. The lowest BCUT2D eigenvalue weighted by molar-refractivity contribution is -0.117. The number of carbonyl (C=O) groups is 5. The maximum atomic E-state index is 14.9. The van der Waals surface area contributed by atoms with E-state index >= 15 is 0 Å². The van der Waals surface area contributed by atoms with Gasteiger partial charge in [-0.3, -0.25) is 14.4 Å². The van der Waals surface area contributed by atoms with Gasteiger partial charge in [0.05, 0.1) is 41.1 Å². The largest absolute Gasteiger partial charge is 0.506 e. The van der Waals surface area contributed by atoms with E-state index in [1.165, 1.54) is 12.8 Å². The molecule has 14 nitrogen and oxygen atoms in total. The minimum atomic E-state index is -0.417. The molecule has 5 N–H and O–H groups in total. The summed E-state index contributed by atoms with van der Waals surface area (Å²) >= 11 is 0. The molecule has 2 atom stereocenters. The highest BCUT2D eigenvalue weighted by Crippen LogP contribution is 2.51. The van der Waals surface area contributed by atoms with Crippen molar-refractivity contribution >= 4 is 58.0 Å². The third-order valence-electron chi connectivity index (χ3n) is 16.2. The monoisotopic (exact) mass is 966 g/mol. The summed E-state index contributed by atoms with van der Waals surface area (Å²) in [5, 5.41) is 25.8. The number of amides is 4. The number of nitrogens with zero attached hydrogens (tertiary/aromatic N) is 2. The number of anilines is 3. The molecule has 0 aromatic heterocycles. The first-order valence-electron chi connectivity index (χ1n) is 26.5. The zero-order valence-electron chi connectivity index (χ0n) is 43.7. The number of aliphatic hydroxyl groups is 1. The minimum Gasteiger partial charge on any atom is -0.506 e. The molecule has 0 bridgehead atoms. The molecule has 0 radical (unpaired) electrons. The Morgan fingerprint density at radius 3 is 1.73 bits per heavy atom. The Labute approximate surface area is 415 Å². The first-order valence-corrected chi connectivity index (χ1v) is 26.5. The van der Waals surface area contributed by atoms with Crippen LogP contribution >= 0.6 is 0 Å². The number of nitrogens with one attached hydrogen (secondary N) is 4. The smallest absolute Gasteiger partial charge is 0.407 e. The van der Waals surface area contributed by atoms with Gasteiger partial charge in [0.25, 0.3) is 0 Å². The second-order valence-electron chi connectivity index (χ2n) is 22.3. The lowest BCUT2D eigenvalue weighted by Gasteiger charge is -2.34. The Bertz CT molecular complexity index is 2500. The van der Waals surface area contributed by atoms with Crippen LogP contribution in [-0.4, -0.2) is 84.4 Å². The summed E-state index contributed by atoms with van der Waals surface area (Å²) < 4.78 is 13.2. The van der Waals surface area contributed by atoms with Crippen molar-refractivity contribution in [2.45, 2.75) is 219 Å². The summed E-state index contributed by atoms with van der Waals surface area (Å²) in [4.78, 5) is 69.6. The van der Waals surface area contributed by atoms with Crippen LogP contribution in [0.25, 0.3) is 11.1 Å². The quantitative estimate of drug-likeness (QED) is 0.0764. The van der Waals surface area contributed by atoms with E-state index in [-0.39, 0.29) is 108 Å². The van der Waals surface area contributed by atoms with Crippen LogP contribution in [-0.2, 0) is 34.7 Å². The molecule has 382 valence electrons. The predicted octanol–water partition coefficient (Wildman–Crippen LogP) is 9.20. The normalized spacial score (nSPS) is 21.6. The van der Waals surface area contributed by atoms with Gasteiger partial charge in [0.1, 0.15) is 11.8 Å². The van der Waals surface area contributed by atoms with E-state index in [9.17, 15) is 29.1 Å². The first-order chi connectivity index (χ1) is 33.2. The van der Waals surface area contributed by atoms with Crippen molar-refractivity contribution in [2.24, 2.45) is 0 Å². The van der Waals surface area contributed by atoms with E-state index in [0.29, 0.717) is 47.8 Å². The number of carbonyl (C=O) groups excluding carboxylic acids is 5. The number of rotatable bonds is 17. The van der Waals surface area contributed by atoms with Crippen molar-refractivity contribution in [1.29, 1.82) is 0 Å².